The lowest BCUT2D eigenvalue weighted by atomic mass is 9.76. The molecule has 0 spiro atoms. The van der Waals surface area contributed by atoms with E-state index < -0.39 is 0 Å². The smallest absolute Gasteiger partial charge is 0.142 e. The van der Waals surface area contributed by atoms with Crippen LogP contribution in [0.25, 0.3) is 0 Å². The van der Waals surface area contributed by atoms with Crippen molar-refractivity contribution in [2.45, 2.75) is 37.5 Å². The summed E-state index contributed by atoms with van der Waals surface area (Å²) >= 11 is 5.74. The van der Waals surface area contributed by atoms with Crippen molar-refractivity contribution >= 4 is 17.3 Å². The second kappa shape index (κ2) is 6.98. The van der Waals surface area contributed by atoms with Gasteiger partial charge < -0.3 is 10.5 Å². The molecule has 2 aromatic rings. The van der Waals surface area contributed by atoms with E-state index in [1.807, 2.05) is 6.07 Å². The minimum absolute atomic E-state index is 0.132. The standard InChI is InChI=1S/C19H20ClF2NO/c1-24-19-9-14(16(21)10-18(19)23)12-4-2-11(3-5-12)13-6-7-15(20)17(22)8-13/h6-12H,2-5,23H2,1H3. The van der Waals surface area contributed by atoms with Gasteiger partial charge in [0, 0.05) is 6.07 Å². The molecular weight excluding hydrogens is 332 g/mol. The summed E-state index contributed by atoms with van der Waals surface area (Å²) in [6, 6.07) is 8.03. The van der Waals surface area contributed by atoms with Crippen LogP contribution in [-0.2, 0) is 0 Å². The van der Waals surface area contributed by atoms with E-state index in [1.165, 1.54) is 19.2 Å². The number of hydrogen-bond acceptors (Lipinski definition) is 2. The van der Waals surface area contributed by atoms with Crippen LogP contribution < -0.4 is 10.5 Å². The SMILES string of the molecule is COc1cc(C2CCC(c3ccc(Cl)c(F)c3)CC2)c(F)cc1N. The molecule has 0 aromatic heterocycles. The Bertz CT molecular complexity index is 742. The first-order valence-electron chi connectivity index (χ1n) is 8.07. The predicted octanol–water partition coefficient (Wildman–Crippen LogP) is 5.65. The molecule has 1 fully saturated rings. The van der Waals surface area contributed by atoms with Gasteiger partial charge in [-0.1, -0.05) is 17.7 Å². The number of anilines is 1. The van der Waals surface area contributed by atoms with Gasteiger partial charge in [0.05, 0.1) is 17.8 Å². The Labute approximate surface area is 145 Å². The summed E-state index contributed by atoms with van der Waals surface area (Å²) < 4.78 is 33.1. The van der Waals surface area contributed by atoms with E-state index in [9.17, 15) is 8.78 Å². The summed E-state index contributed by atoms with van der Waals surface area (Å²) in [5.41, 5.74) is 7.67. The number of nitrogen functional groups attached to an aromatic ring is 1. The highest BCUT2D eigenvalue weighted by Crippen LogP contribution is 2.43. The maximum atomic E-state index is 14.3. The van der Waals surface area contributed by atoms with Crippen LogP contribution in [0.3, 0.4) is 0 Å². The van der Waals surface area contributed by atoms with E-state index in [0.717, 1.165) is 31.2 Å². The first-order chi connectivity index (χ1) is 11.5. The highest BCUT2D eigenvalue weighted by molar-refractivity contribution is 6.30. The van der Waals surface area contributed by atoms with E-state index in [0.29, 0.717) is 17.0 Å². The van der Waals surface area contributed by atoms with Gasteiger partial charge in [0.25, 0.3) is 0 Å². The number of rotatable bonds is 3. The Morgan fingerprint density at radius 3 is 2.29 bits per heavy atom. The highest BCUT2D eigenvalue weighted by Gasteiger charge is 2.26. The molecular formula is C19H20ClF2NO. The van der Waals surface area contributed by atoms with Crippen LogP contribution in [-0.4, -0.2) is 7.11 Å². The number of nitrogens with two attached hydrogens (primary N) is 1. The van der Waals surface area contributed by atoms with Gasteiger partial charge >= 0.3 is 0 Å². The average molecular weight is 352 g/mol. The van der Waals surface area contributed by atoms with E-state index in [-0.39, 0.29) is 28.5 Å². The largest absolute Gasteiger partial charge is 0.495 e. The second-order valence-electron chi connectivity index (χ2n) is 6.34. The van der Waals surface area contributed by atoms with Gasteiger partial charge in [0.15, 0.2) is 0 Å². The van der Waals surface area contributed by atoms with Crippen molar-refractivity contribution < 1.29 is 13.5 Å². The van der Waals surface area contributed by atoms with Crippen molar-refractivity contribution in [3.63, 3.8) is 0 Å². The first kappa shape index (κ1) is 17.0. The van der Waals surface area contributed by atoms with Gasteiger partial charge in [-0.25, -0.2) is 8.78 Å². The summed E-state index contributed by atoms with van der Waals surface area (Å²) in [5.74, 6) is 0.257. The molecule has 24 heavy (non-hydrogen) atoms. The molecule has 5 heteroatoms. The molecule has 2 nitrogen and oxygen atoms in total. The summed E-state index contributed by atoms with van der Waals surface area (Å²) in [4.78, 5) is 0. The number of methoxy groups -OCH3 is 1. The lowest BCUT2D eigenvalue weighted by Gasteiger charge is -2.29. The zero-order valence-corrected chi connectivity index (χ0v) is 14.2. The minimum atomic E-state index is -0.384. The van der Waals surface area contributed by atoms with E-state index in [4.69, 9.17) is 22.1 Å². The topological polar surface area (TPSA) is 35.2 Å². The van der Waals surface area contributed by atoms with Crippen LogP contribution in [0.4, 0.5) is 14.5 Å². The lowest BCUT2D eigenvalue weighted by Crippen LogP contribution is -2.14. The molecule has 0 heterocycles. The molecule has 0 radical (unpaired) electrons. The molecule has 3 rings (SSSR count). The van der Waals surface area contributed by atoms with Crippen molar-refractivity contribution in [1.82, 2.24) is 0 Å². The fourth-order valence-electron chi connectivity index (χ4n) is 3.58. The number of ether oxygens (including phenoxy) is 1. The molecule has 2 aromatic carbocycles. The zero-order chi connectivity index (χ0) is 17.3. The second-order valence-corrected chi connectivity index (χ2v) is 6.74. The molecule has 0 bridgehead atoms. The molecule has 1 saturated carbocycles. The molecule has 0 saturated heterocycles. The fourth-order valence-corrected chi connectivity index (χ4v) is 3.70. The predicted molar refractivity (Wildman–Crippen MR) is 92.7 cm³/mol. The van der Waals surface area contributed by atoms with E-state index in [1.54, 1.807) is 12.1 Å². The number of halogens is 3. The summed E-state index contributed by atoms with van der Waals surface area (Å²) in [7, 11) is 1.53. The summed E-state index contributed by atoms with van der Waals surface area (Å²) in [6.45, 7) is 0. The highest BCUT2D eigenvalue weighted by atomic mass is 35.5. The Kier molecular flexibility index (Phi) is 4.95. The van der Waals surface area contributed by atoms with E-state index in [2.05, 4.69) is 0 Å². The fraction of sp³-hybridized carbons (Fsp3) is 0.368. The van der Waals surface area contributed by atoms with Crippen molar-refractivity contribution in [2.75, 3.05) is 12.8 Å². The maximum Gasteiger partial charge on any atom is 0.142 e. The van der Waals surface area contributed by atoms with Gasteiger partial charge in [-0.05, 0) is 66.8 Å². The maximum absolute atomic E-state index is 14.3. The third-order valence-corrected chi connectivity index (χ3v) is 5.24. The molecule has 1 aliphatic rings. The lowest BCUT2D eigenvalue weighted by molar-refractivity contribution is 0.381. The van der Waals surface area contributed by atoms with Crippen molar-refractivity contribution in [2.24, 2.45) is 0 Å². The minimum Gasteiger partial charge on any atom is -0.495 e. The van der Waals surface area contributed by atoms with Gasteiger partial charge in [0.2, 0.25) is 0 Å². The quantitative estimate of drug-likeness (QED) is 0.725. The van der Waals surface area contributed by atoms with Crippen LogP contribution in [0.1, 0.15) is 48.6 Å². The third-order valence-electron chi connectivity index (χ3n) is 4.93. The first-order valence-corrected chi connectivity index (χ1v) is 8.45. The van der Waals surface area contributed by atoms with E-state index >= 15 is 0 Å². The normalized spacial score (nSPS) is 20.8. The Balaban J connectivity index is 1.74. The van der Waals surface area contributed by atoms with Crippen molar-refractivity contribution in [1.29, 1.82) is 0 Å². The monoisotopic (exact) mass is 351 g/mol. The molecule has 1 aliphatic carbocycles. The Morgan fingerprint density at radius 2 is 1.67 bits per heavy atom. The van der Waals surface area contributed by atoms with Gasteiger partial charge in [-0.15, -0.1) is 0 Å². The van der Waals surface area contributed by atoms with Crippen LogP contribution in [0.15, 0.2) is 30.3 Å². The molecule has 128 valence electrons. The van der Waals surface area contributed by atoms with Crippen LogP contribution in [0, 0.1) is 11.6 Å². The summed E-state index contributed by atoms with van der Waals surface area (Å²) in [6.07, 6.45) is 3.47. The Hall–Kier alpha value is -1.81. The molecule has 0 unspecified atom stereocenters. The molecule has 0 amide bonds. The number of benzene rings is 2. The summed E-state index contributed by atoms with van der Waals surface area (Å²) in [5, 5.41) is 0.142. The van der Waals surface area contributed by atoms with Crippen LogP contribution in [0.2, 0.25) is 5.02 Å². The van der Waals surface area contributed by atoms with Crippen LogP contribution >= 0.6 is 11.6 Å². The third kappa shape index (κ3) is 3.34. The molecule has 0 aliphatic heterocycles. The zero-order valence-electron chi connectivity index (χ0n) is 13.5. The van der Waals surface area contributed by atoms with Crippen LogP contribution in [0.5, 0.6) is 5.75 Å². The molecule has 2 N–H and O–H groups in total. The van der Waals surface area contributed by atoms with Gasteiger partial charge in [0.1, 0.15) is 17.4 Å². The molecule has 0 atom stereocenters. The van der Waals surface area contributed by atoms with Gasteiger partial charge in [-0.3, -0.25) is 0 Å². The average Bonchev–Trinajstić information content (AvgIpc) is 2.58. The van der Waals surface area contributed by atoms with Gasteiger partial charge in [-0.2, -0.15) is 0 Å². The van der Waals surface area contributed by atoms with Crippen molar-refractivity contribution in [3.05, 3.63) is 58.1 Å². The Morgan fingerprint density at radius 1 is 1.00 bits per heavy atom. The van der Waals surface area contributed by atoms with Crippen molar-refractivity contribution in [3.8, 4) is 5.75 Å². The number of hydrogen-bond donors (Lipinski definition) is 1.